The van der Waals surface area contributed by atoms with Crippen LogP contribution < -0.4 is 10.0 Å². The van der Waals surface area contributed by atoms with E-state index in [0.29, 0.717) is 34.1 Å². The van der Waals surface area contributed by atoms with Crippen LogP contribution in [0.4, 0.5) is 5.82 Å². The highest BCUT2D eigenvalue weighted by molar-refractivity contribution is 7.99. The molecule has 1 aromatic carbocycles. The van der Waals surface area contributed by atoms with Gasteiger partial charge in [0.1, 0.15) is 12.1 Å². The Balaban J connectivity index is 1.34. The van der Waals surface area contributed by atoms with E-state index < -0.39 is 16.4 Å². The Hall–Kier alpha value is -2.06. The van der Waals surface area contributed by atoms with E-state index in [1.54, 1.807) is 0 Å². The van der Waals surface area contributed by atoms with E-state index >= 15 is 0 Å². The van der Waals surface area contributed by atoms with Gasteiger partial charge in [0.25, 0.3) is 0 Å². The maximum atomic E-state index is 13.6. The molecule has 0 unspecified atom stereocenters. The van der Waals surface area contributed by atoms with Gasteiger partial charge in [0.15, 0.2) is 0 Å². The fraction of sp³-hybridized carbons (Fsp3) is 0.375. The first kappa shape index (κ1) is 26.5. The van der Waals surface area contributed by atoms with Gasteiger partial charge in [-0.15, -0.1) is 23.1 Å². The normalized spacial score (nSPS) is 23.2. The van der Waals surface area contributed by atoms with E-state index in [0.717, 1.165) is 16.2 Å². The van der Waals surface area contributed by atoms with Crippen LogP contribution in [0.25, 0.3) is 0 Å². The molecule has 0 amide bonds. The van der Waals surface area contributed by atoms with Gasteiger partial charge in [0.2, 0.25) is 5.78 Å². The van der Waals surface area contributed by atoms with E-state index in [2.05, 4.69) is 21.4 Å². The third-order valence-electron chi connectivity index (χ3n) is 6.74. The number of carbonyl (C=O) groups is 1. The van der Waals surface area contributed by atoms with Crippen molar-refractivity contribution >= 4 is 56.6 Å². The molecule has 4 atom stereocenters. The minimum absolute atomic E-state index is 0.0848. The highest BCUT2D eigenvalue weighted by Gasteiger charge is 2.35. The van der Waals surface area contributed by atoms with Crippen LogP contribution in [-0.2, 0) is 16.1 Å². The highest BCUT2D eigenvalue weighted by atomic mass is 35.5. The molecule has 3 heterocycles. The number of halogens is 1. The summed E-state index contributed by atoms with van der Waals surface area (Å²) in [5.41, 5.74) is 3.86. The number of aromatic nitrogens is 2. The number of nitrogens with one attached hydrogen (secondary N) is 2. The lowest BCUT2D eigenvalue weighted by Crippen LogP contribution is -2.32. The Bertz CT molecular complexity index is 1450. The molecule has 2 aliphatic rings. The molecular formula is C24H25ClN4O5S3. The van der Waals surface area contributed by atoms with Gasteiger partial charge in [0.05, 0.1) is 21.8 Å². The van der Waals surface area contributed by atoms with Crippen LogP contribution in [0.1, 0.15) is 54.9 Å². The second kappa shape index (κ2) is 10.6. The Morgan fingerprint density at radius 3 is 2.84 bits per heavy atom. The van der Waals surface area contributed by atoms with Crippen molar-refractivity contribution in [2.75, 3.05) is 11.9 Å². The number of rotatable bonds is 8. The van der Waals surface area contributed by atoms with Gasteiger partial charge in [-0.1, -0.05) is 17.7 Å². The first-order valence-corrected chi connectivity index (χ1v) is 15.3. The third-order valence-corrected chi connectivity index (χ3v) is 9.89. The van der Waals surface area contributed by atoms with Gasteiger partial charge in [-0.25, -0.2) is 9.97 Å². The van der Waals surface area contributed by atoms with Gasteiger partial charge in [-0.05, 0) is 54.7 Å². The van der Waals surface area contributed by atoms with Crippen LogP contribution in [0.15, 0.2) is 36.8 Å². The number of thioether (sulfide) groups is 1. The molecule has 1 saturated carbocycles. The molecule has 0 bridgehead atoms. The zero-order chi connectivity index (χ0) is 26.3. The van der Waals surface area contributed by atoms with E-state index in [1.165, 1.54) is 35.0 Å². The average Bonchev–Trinajstić information content (AvgIpc) is 3.53. The van der Waals surface area contributed by atoms with Crippen LogP contribution in [0.2, 0.25) is 5.02 Å². The number of ketones is 1. The first-order chi connectivity index (χ1) is 17.6. The second-order valence-electron chi connectivity index (χ2n) is 9.23. The largest absolute Gasteiger partial charge is 0.393 e. The van der Waals surface area contributed by atoms with Crippen LogP contribution in [-0.4, -0.2) is 52.5 Å². The summed E-state index contributed by atoms with van der Waals surface area (Å²) in [6.45, 7) is 1.93. The van der Waals surface area contributed by atoms with Crippen LogP contribution >= 0.6 is 34.7 Å². The zero-order valence-corrected chi connectivity index (χ0v) is 22.9. The topological polar surface area (TPSA) is 142 Å². The van der Waals surface area contributed by atoms with Crippen molar-refractivity contribution in [3.05, 3.63) is 73.8 Å². The number of anilines is 1. The summed E-state index contributed by atoms with van der Waals surface area (Å²) in [6.07, 6.45) is 2.84. The fourth-order valence-electron chi connectivity index (χ4n) is 4.92. The summed E-state index contributed by atoms with van der Waals surface area (Å²) in [7, 11) is -4.34. The quantitative estimate of drug-likeness (QED) is 0.230. The lowest BCUT2D eigenvalue weighted by molar-refractivity contribution is 0.104. The van der Waals surface area contributed by atoms with E-state index in [1.807, 2.05) is 41.6 Å². The van der Waals surface area contributed by atoms with Crippen molar-refractivity contribution in [1.82, 2.24) is 14.7 Å². The standard InChI is InChI=1S/C24H25ClN4O5S3/c1-12-17(23-18-5-15(25)3-2-13(18)10-35-23)7-21(36-12)22(31)19-9-26-11-27-24(19)29-16-4-14(20(30)6-16)8-28-37(32,33)34/h2-3,5,7,9,11,14,16,20,23,28,30H,4,6,8,10H2,1H3,(H,26,27,29)(H,32,33,34)/t14-,16-,20+,23-/m1/s1. The Kier molecular flexibility index (Phi) is 7.60. The lowest BCUT2D eigenvalue weighted by Gasteiger charge is -2.15. The predicted octanol–water partition coefficient (Wildman–Crippen LogP) is 4.01. The summed E-state index contributed by atoms with van der Waals surface area (Å²) in [5.74, 6) is 0.674. The Morgan fingerprint density at radius 1 is 1.24 bits per heavy atom. The zero-order valence-electron chi connectivity index (χ0n) is 19.7. The average molecular weight is 581 g/mol. The lowest BCUT2D eigenvalue weighted by atomic mass is 10.00. The number of hydrogen-bond acceptors (Lipinski definition) is 9. The number of carbonyl (C=O) groups excluding carboxylic acids is 1. The van der Waals surface area contributed by atoms with Crippen LogP contribution in [0, 0.1) is 12.8 Å². The number of nitrogens with zero attached hydrogens (tertiary/aromatic N) is 2. The molecule has 5 rings (SSSR count). The fourth-order valence-corrected chi connectivity index (χ4v) is 8.04. The molecule has 0 saturated heterocycles. The van der Waals surface area contributed by atoms with Crippen molar-refractivity contribution in [1.29, 1.82) is 0 Å². The van der Waals surface area contributed by atoms with E-state index in [-0.39, 0.29) is 29.5 Å². The van der Waals surface area contributed by atoms with Gasteiger partial charge < -0.3 is 10.4 Å². The van der Waals surface area contributed by atoms with Crippen LogP contribution in [0.3, 0.4) is 0 Å². The number of aliphatic hydroxyl groups is 1. The van der Waals surface area contributed by atoms with Gasteiger partial charge in [-0.3, -0.25) is 9.35 Å². The molecule has 3 aromatic rings. The summed E-state index contributed by atoms with van der Waals surface area (Å²) in [6, 6.07) is 7.67. The van der Waals surface area contributed by atoms with E-state index in [4.69, 9.17) is 16.2 Å². The number of benzene rings is 1. The minimum Gasteiger partial charge on any atom is -0.393 e. The molecule has 4 N–H and O–H groups in total. The smallest absolute Gasteiger partial charge is 0.333 e. The van der Waals surface area contributed by atoms with E-state index in [9.17, 15) is 18.3 Å². The summed E-state index contributed by atoms with van der Waals surface area (Å²) in [4.78, 5) is 23.6. The molecule has 0 spiro atoms. The first-order valence-electron chi connectivity index (χ1n) is 11.6. The summed E-state index contributed by atoms with van der Waals surface area (Å²) >= 11 is 9.51. The van der Waals surface area contributed by atoms with Gasteiger partial charge in [0, 0.05) is 40.4 Å². The van der Waals surface area contributed by atoms with Crippen molar-refractivity contribution in [3.8, 4) is 0 Å². The maximum Gasteiger partial charge on any atom is 0.333 e. The molecule has 2 aromatic heterocycles. The van der Waals surface area contributed by atoms with Crippen LogP contribution in [0.5, 0.6) is 0 Å². The number of fused-ring (bicyclic) bond motifs is 1. The van der Waals surface area contributed by atoms with Gasteiger partial charge >= 0.3 is 10.3 Å². The third kappa shape index (κ3) is 5.85. The molecule has 1 fully saturated rings. The van der Waals surface area contributed by atoms with Crippen molar-refractivity contribution in [2.24, 2.45) is 5.92 Å². The second-order valence-corrected chi connectivity index (χ2v) is 13.3. The monoisotopic (exact) mass is 580 g/mol. The summed E-state index contributed by atoms with van der Waals surface area (Å²) < 4.78 is 32.9. The molecule has 1 aliphatic carbocycles. The number of hydrogen-bond donors (Lipinski definition) is 4. The molecule has 196 valence electrons. The maximum absolute atomic E-state index is 13.6. The minimum atomic E-state index is -4.34. The van der Waals surface area contributed by atoms with Crippen molar-refractivity contribution < 1.29 is 22.9 Å². The number of aliphatic hydroxyl groups excluding tert-OH is 1. The van der Waals surface area contributed by atoms with Crippen molar-refractivity contribution in [2.45, 2.75) is 42.9 Å². The molecule has 1 aliphatic heterocycles. The predicted molar refractivity (Wildman–Crippen MR) is 145 cm³/mol. The number of aryl methyl sites for hydroxylation is 1. The van der Waals surface area contributed by atoms with Crippen molar-refractivity contribution in [3.63, 3.8) is 0 Å². The molecule has 9 nitrogen and oxygen atoms in total. The molecule has 37 heavy (non-hydrogen) atoms. The SMILES string of the molecule is Cc1sc(C(=O)c2cncnc2N[C@@H]2C[C@H](CNS(=O)(=O)O)[C@@H](O)C2)cc1[C@H]1SCc2ccc(Cl)cc21. The molecule has 13 heteroatoms. The molecular weight excluding hydrogens is 556 g/mol. The Labute approximate surface area is 228 Å². The molecule has 0 radical (unpaired) electrons. The highest BCUT2D eigenvalue weighted by Crippen LogP contribution is 2.49. The number of thiophene rings is 1. The Morgan fingerprint density at radius 2 is 2.05 bits per heavy atom. The van der Waals surface area contributed by atoms with Gasteiger partial charge in [-0.2, -0.15) is 13.1 Å². The summed E-state index contributed by atoms with van der Waals surface area (Å²) in [5, 5.41) is 14.4.